The molecule has 1 fully saturated rings. The van der Waals surface area contributed by atoms with Crippen LogP contribution in [-0.4, -0.2) is 28.0 Å². The lowest BCUT2D eigenvalue weighted by Gasteiger charge is -2.32. The minimum atomic E-state index is -4.35. The van der Waals surface area contributed by atoms with E-state index in [1.807, 2.05) is 22.4 Å². The van der Waals surface area contributed by atoms with Crippen molar-refractivity contribution in [1.29, 1.82) is 0 Å². The van der Waals surface area contributed by atoms with Crippen molar-refractivity contribution in [3.05, 3.63) is 58.8 Å². The summed E-state index contributed by atoms with van der Waals surface area (Å²) in [7, 11) is 0. The highest BCUT2D eigenvalue weighted by molar-refractivity contribution is 7.10. The highest BCUT2D eigenvalue weighted by atomic mass is 32.1. The van der Waals surface area contributed by atoms with E-state index < -0.39 is 11.7 Å². The molecule has 8 heteroatoms. The second-order valence-electron chi connectivity index (χ2n) is 6.47. The highest BCUT2D eigenvalue weighted by Crippen LogP contribution is 2.35. The fourth-order valence-corrected chi connectivity index (χ4v) is 4.25. The second-order valence-corrected chi connectivity index (χ2v) is 7.36. The third kappa shape index (κ3) is 3.95. The van der Waals surface area contributed by atoms with E-state index in [1.165, 1.54) is 6.20 Å². The smallest absolute Gasteiger partial charge is 0.357 e. The quantitative estimate of drug-likeness (QED) is 0.631. The van der Waals surface area contributed by atoms with Gasteiger partial charge in [0.2, 0.25) is 0 Å². The Labute approximate surface area is 158 Å². The summed E-state index contributed by atoms with van der Waals surface area (Å²) in [5.74, 6) is 0.715. The summed E-state index contributed by atoms with van der Waals surface area (Å²) < 4.78 is 38.7. The molecule has 1 saturated heterocycles. The zero-order chi connectivity index (χ0) is 18.9. The number of hydrogen-bond acceptors (Lipinski definition) is 5. The van der Waals surface area contributed by atoms with Crippen molar-refractivity contribution in [3.8, 4) is 11.3 Å². The van der Waals surface area contributed by atoms with E-state index in [2.05, 4.69) is 9.97 Å². The van der Waals surface area contributed by atoms with Crippen LogP contribution in [0.3, 0.4) is 0 Å². The number of alkyl halides is 3. The van der Waals surface area contributed by atoms with Crippen molar-refractivity contribution in [1.82, 2.24) is 15.0 Å². The standard InChI is InChI=1S/C19H17F3N4S/c20-19(21,22)15-3-8-24-17(11-15)26-9-4-14(5-10-26)18-25-16(12-27-18)13-1-6-23-7-2-13/h1-3,6-8,11-12,14H,4-5,9-10H2. The Balaban J connectivity index is 1.43. The fraction of sp³-hybridized carbons (Fsp3) is 0.316. The minimum absolute atomic E-state index is 0.327. The predicted molar refractivity (Wildman–Crippen MR) is 98.8 cm³/mol. The topological polar surface area (TPSA) is 41.9 Å². The number of piperidine rings is 1. The zero-order valence-electron chi connectivity index (χ0n) is 14.4. The summed E-state index contributed by atoms with van der Waals surface area (Å²) in [6, 6.07) is 6.00. The zero-order valence-corrected chi connectivity index (χ0v) is 15.2. The summed E-state index contributed by atoms with van der Waals surface area (Å²) >= 11 is 1.64. The molecule has 0 saturated carbocycles. The van der Waals surface area contributed by atoms with Crippen LogP contribution in [0.5, 0.6) is 0 Å². The first kappa shape index (κ1) is 17.9. The molecule has 0 spiro atoms. The van der Waals surface area contributed by atoms with Gasteiger partial charge >= 0.3 is 6.18 Å². The van der Waals surface area contributed by atoms with E-state index in [0.29, 0.717) is 24.8 Å². The second kappa shape index (κ2) is 7.26. The summed E-state index contributed by atoms with van der Waals surface area (Å²) in [4.78, 5) is 14.8. The Morgan fingerprint density at radius 2 is 1.78 bits per heavy atom. The molecule has 4 nitrogen and oxygen atoms in total. The number of anilines is 1. The molecule has 27 heavy (non-hydrogen) atoms. The molecule has 0 N–H and O–H groups in total. The van der Waals surface area contributed by atoms with Gasteiger partial charge in [0.25, 0.3) is 0 Å². The fourth-order valence-electron chi connectivity index (χ4n) is 3.25. The normalized spacial score (nSPS) is 15.9. The van der Waals surface area contributed by atoms with Crippen LogP contribution < -0.4 is 4.90 Å². The lowest BCUT2D eigenvalue weighted by atomic mass is 9.97. The van der Waals surface area contributed by atoms with Crippen LogP contribution in [0.2, 0.25) is 0 Å². The average molecular weight is 390 g/mol. The van der Waals surface area contributed by atoms with Gasteiger partial charge in [0.1, 0.15) is 5.82 Å². The maximum Gasteiger partial charge on any atom is 0.416 e. The van der Waals surface area contributed by atoms with Gasteiger partial charge in [-0.15, -0.1) is 11.3 Å². The third-order valence-electron chi connectivity index (χ3n) is 4.74. The van der Waals surface area contributed by atoms with Crippen molar-refractivity contribution in [2.75, 3.05) is 18.0 Å². The van der Waals surface area contributed by atoms with E-state index in [4.69, 9.17) is 4.98 Å². The monoisotopic (exact) mass is 390 g/mol. The van der Waals surface area contributed by atoms with Crippen molar-refractivity contribution in [3.63, 3.8) is 0 Å². The van der Waals surface area contributed by atoms with Crippen LogP contribution >= 0.6 is 11.3 Å². The van der Waals surface area contributed by atoms with E-state index >= 15 is 0 Å². The average Bonchev–Trinajstić information content (AvgIpc) is 3.19. The lowest BCUT2D eigenvalue weighted by molar-refractivity contribution is -0.137. The summed E-state index contributed by atoms with van der Waals surface area (Å²) in [5.41, 5.74) is 1.33. The lowest BCUT2D eigenvalue weighted by Crippen LogP contribution is -2.33. The first-order valence-corrected chi connectivity index (χ1v) is 9.53. The number of hydrogen-bond donors (Lipinski definition) is 0. The molecule has 4 rings (SSSR count). The number of thiazole rings is 1. The van der Waals surface area contributed by atoms with Crippen LogP contribution in [0.4, 0.5) is 19.0 Å². The van der Waals surface area contributed by atoms with Crippen molar-refractivity contribution < 1.29 is 13.2 Å². The maximum absolute atomic E-state index is 12.9. The van der Waals surface area contributed by atoms with Crippen LogP contribution in [0.1, 0.15) is 29.3 Å². The molecule has 1 aliphatic rings. The Bertz CT molecular complexity index is 903. The largest absolute Gasteiger partial charge is 0.416 e. The molecule has 0 atom stereocenters. The molecule has 0 unspecified atom stereocenters. The van der Waals surface area contributed by atoms with Gasteiger partial charge in [-0.3, -0.25) is 4.98 Å². The maximum atomic E-state index is 12.9. The van der Waals surface area contributed by atoms with Gasteiger partial charge in [0.05, 0.1) is 16.3 Å². The summed E-state index contributed by atoms with van der Waals surface area (Å²) in [5, 5.41) is 3.13. The molecule has 0 bridgehead atoms. The number of pyridine rings is 2. The number of halogens is 3. The van der Waals surface area contributed by atoms with Gasteiger partial charge in [0.15, 0.2) is 0 Å². The number of aromatic nitrogens is 3. The van der Waals surface area contributed by atoms with Gasteiger partial charge in [-0.25, -0.2) is 9.97 Å². The Hall–Kier alpha value is -2.48. The Kier molecular flexibility index (Phi) is 4.82. The SMILES string of the molecule is FC(F)(F)c1ccnc(N2CCC(c3nc(-c4ccncc4)cs3)CC2)c1. The number of rotatable bonds is 3. The summed E-state index contributed by atoms with van der Waals surface area (Å²) in [6.45, 7) is 1.34. The van der Waals surface area contributed by atoms with Crippen LogP contribution in [0.15, 0.2) is 48.2 Å². The Morgan fingerprint density at radius 1 is 1.04 bits per heavy atom. The predicted octanol–water partition coefficient (Wildman–Crippen LogP) is 5.00. The van der Waals surface area contributed by atoms with Crippen molar-refractivity contribution in [2.45, 2.75) is 24.9 Å². The molecule has 140 valence electrons. The molecular weight excluding hydrogens is 373 g/mol. The van der Waals surface area contributed by atoms with E-state index in [-0.39, 0.29) is 0 Å². The first-order chi connectivity index (χ1) is 13.0. The molecule has 3 aromatic heterocycles. The van der Waals surface area contributed by atoms with Gasteiger partial charge in [-0.1, -0.05) is 0 Å². The minimum Gasteiger partial charge on any atom is -0.357 e. The molecule has 0 aliphatic carbocycles. The molecule has 0 amide bonds. The first-order valence-electron chi connectivity index (χ1n) is 8.65. The van der Waals surface area contributed by atoms with Gasteiger partial charge in [0, 0.05) is 48.5 Å². The van der Waals surface area contributed by atoms with Crippen molar-refractivity contribution in [2.24, 2.45) is 0 Å². The number of nitrogens with zero attached hydrogens (tertiary/aromatic N) is 4. The highest BCUT2D eigenvalue weighted by Gasteiger charge is 2.32. The van der Waals surface area contributed by atoms with E-state index in [9.17, 15) is 13.2 Å². The van der Waals surface area contributed by atoms with E-state index in [1.54, 1.807) is 23.7 Å². The van der Waals surface area contributed by atoms with Crippen LogP contribution in [0.25, 0.3) is 11.3 Å². The van der Waals surface area contributed by atoms with Gasteiger partial charge < -0.3 is 4.90 Å². The molecule has 3 aromatic rings. The van der Waals surface area contributed by atoms with E-state index in [0.717, 1.165) is 41.2 Å². The Morgan fingerprint density at radius 3 is 2.48 bits per heavy atom. The third-order valence-corrected chi connectivity index (χ3v) is 5.75. The van der Waals surface area contributed by atoms with Crippen molar-refractivity contribution >= 4 is 17.2 Å². The molecule has 1 aliphatic heterocycles. The summed E-state index contributed by atoms with van der Waals surface area (Å²) in [6.07, 6.45) is 2.07. The van der Waals surface area contributed by atoms with Crippen LogP contribution in [-0.2, 0) is 6.18 Å². The van der Waals surface area contributed by atoms with Gasteiger partial charge in [-0.2, -0.15) is 13.2 Å². The molecule has 4 heterocycles. The molecule has 0 aromatic carbocycles. The molecular formula is C19H17F3N4S. The van der Waals surface area contributed by atoms with Gasteiger partial charge in [-0.05, 0) is 37.1 Å². The molecule has 0 radical (unpaired) electrons. The van der Waals surface area contributed by atoms with Crippen LogP contribution in [0, 0.1) is 0 Å².